The molecule has 2 aliphatic heterocycles. The molecular formula is C21H28N4O2. The Morgan fingerprint density at radius 2 is 2.11 bits per heavy atom. The summed E-state index contributed by atoms with van der Waals surface area (Å²) >= 11 is 0. The van der Waals surface area contributed by atoms with E-state index in [4.69, 9.17) is 4.74 Å². The van der Waals surface area contributed by atoms with Crippen LogP contribution in [0.2, 0.25) is 0 Å². The van der Waals surface area contributed by atoms with Crippen LogP contribution in [0.4, 0.5) is 0 Å². The fourth-order valence-electron chi connectivity index (χ4n) is 3.93. The number of carbonyl (C=O) groups excluding carboxylic acids is 1. The highest BCUT2D eigenvalue weighted by Gasteiger charge is 2.26. The van der Waals surface area contributed by atoms with Crippen LogP contribution < -0.4 is 5.32 Å². The summed E-state index contributed by atoms with van der Waals surface area (Å²) in [7, 11) is 0. The molecule has 2 unspecified atom stereocenters. The van der Waals surface area contributed by atoms with E-state index in [1.54, 1.807) is 0 Å². The molecule has 1 aromatic carbocycles. The maximum Gasteiger partial charge on any atom is 0.274 e. The third-order valence-electron chi connectivity index (χ3n) is 5.42. The molecule has 0 aliphatic carbocycles. The normalized spacial score (nSPS) is 22.7. The van der Waals surface area contributed by atoms with Crippen molar-refractivity contribution in [3.8, 4) is 0 Å². The molecule has 2 atom stereocenters. The molecule has 2 aliphatic rings. The molecule has 1 aromatic heterocycles. The van der Waals surface area contributed by atoms with Gasteiger partial charge in [-0.3, -0.25) is 9.48 Å². The zero-order chi connectivity index (χ0) is 18.5. The van der Waals surface area contributed by atoms with Crippen molar-refractivity contribution < 1.29 is 9.53 Å². The maximum atomic E-state index is 13.2. The Morgan fingerprint density at radius 3 is 2.85 bits per heavy atom. The van der Waals surface area contributed by atoms with Gasteiger partial charge in [0.25, 0.3) is 5.91 Å². The summed E-state index contributed by atoms with van der Waals surface area (Å²) < 4.78 is 7.73. The molecule has 2 fully saturated rings. The molecule has 6 heteroatoms. The smallest absolute Gasteiger partial charge is 0.274 e. The Hall–Kier alpha value is -2.18. The highest BCUT2D eigenvalue weighted by atomic mass is 16.5. The zero-order valence-corrected chi connectivity index (χ0v) is 15.7. The highest BCUT2D eigenvalue weighted by molar-refractivity contribution is 5.92. The Labute approximate surface area is 160 Å². The van der Waals surface area contributed by atoms with Crippen LogP contribution in [0.3, 0.4) is 0 Å². The van der Waals surface area contributed by atoms with Crippen molar-refractivity contribution >= 4 is 5.91 Å². The summed E-state index contributed by atoms with van der Waals surface area (Å²) in [5.41, 5.74) is 1.65. The van der Waals surface area contributed by atoms with Gasteiger partial charge in [-0.1, -0.05) is 30.3 Å². The minimum absolute atomic E-state index is 0.0168. The number of nitrogens with one attached hydrogen (secondary N) is 1. The first kappa shape index (κ1) is 18.2. The van der Waals surface area contributed by atoms with E-state index < -0.39 is 0 Å². The molecule has 144 valence electrons. The van der Waals surface area contributed by atoms with Gasteiger partial charge in [0, 0.05) is 32.4 Å². The minimum atomic E-state index is -0.0168. The third-order valence-corrected chi connectivity index (χ3v) is 5.42. The van der Waals surface area contributed by atoms with Gasteiger partial charge in [-0.25, -0.2) is 0 Å². The van der Waals surface area contributed by atoms with E-state index in [1.165, 1.54) is 0 Å². The molecule has 3 heterocycles. The van der Waals surface area contributed by atoms with Gasteiger partial charge >= 0.3 is 0 Å². The second kappa shape index (κ2) is 8.67. The minimum Gasteiger partial charge on any atom is -0.376 e. The summed E-state index contributed by atoms with van der Waals surface area (Å²) in [5.74, 6) is -0.0168. The summed E-state index contributed by atoms with van der Waals surface area (Å²) in [6, 6.07) is 12.3. The number of rotatable bonds is 6. The molecule has 6 nitrogen and oxygen atoms in total. The summed E-state index contributed by atoms with van der Waals surface area (Å²) in [5, 5.41) is 8.02. The fourth-order valence-corrected chi connectivity index (χ4v) is 3.93. The molecule has 1 N–H and O–H groups in total. The van der Waals surface area contributed by atoms with Crippen LogP contribution in [-0.2, 0) is 11.3 Å². The van der Waals surface area contributed by atoms with Gasteiger partial charge in [0.05, 0.1) is 12.1 Å². The first-order chi connectivity index (χ1) is 13.3. The quantitative estimate of drug-likeness (QED) is 0.852. The van der Waals surface area contributed by atoms with Crippen molar-refractivity contribution in [1.29, 1.82) is 0 Å². The van der Waals surface area contributed by atoms with E-state index >= 15 is 0 Å². The van der Waals surface area contributed by atoms with E-state index in [-0.39, 0.29) is 12.0 Å². The van der Waals surface area contributed by atoms with Crippen molar-refractivity contribution in [3.63, 3.8) is 0 Å². The number of benzene rings is 1. The number of hydrogen-bond acceptors (Lipinski definition) is 4. The number of ether oxygens (including phenoxy) is 1. The molecule has 2 saturated heterocycles. The van der Waals surface area contributed by atoms with Crippen LogP contribution in [-0.4, -0.2) is 52.9 Å². The monoisotopic (exact) mass is 368 g/mol. The largest absolute Gasteiger partial charge is 0.376 e. The van der Waals surface area contributed by atoms with E-state index in [0.717, 1.165) is 50.9 Å². The summed E-state index contributed by atoms with van der Waals surface area (Å²) in [6.07, 6.45) is 6.40. The third kappa shape index (κ3) is 4.57. The van der Waals surface area contributed by atoms with Gasteiger partial charge in [0.2, 0.25) is 0 Å². The van der Waals surface area contributed by atoms with Crippen LogP contribution in [0.25, 0.3) is 0 Å². The standard InChI is InChI=1S/C21H28N4O2/c26-21(20-10-12-25(23-20)18-8-4-11-22-14-18)24(16-19-9-5-13-27-19)15-17-6-2-1-3-7-17/h1-3,6-7,10,12,18-19,22H,4-5,8-9,11,13-16H2. The van der Waals surface area contributed by atoms with E-state index in [0.29, 0.717) is 24.8 Å². The predicted octanol–water partition coefficient (Wildman–Crippen LogP) is 2.63. The van der Waals surface area contributed by atoms with Crippen LogP contribution in [0.5, 0.6) is 0 Å². The number of amides is 1. The number of piperidine rings is 1. The molecule has 2 aromatic rings. The molecule has 27 heavy (non-hydrogen) atoms. The lowest BCUT2D eigenvalue weighted by molar-refractivity contribution is 0.0502. The Bertz CT molecular complexity index is 734. The molecule has 0 radical (unpaired) electrons. The zero-order valence-electron chi connectivity index (χ0n) is 15.7. The van der Waals surface area contributed by atoms with Gasteiger partial charge in [0.1, 0.15) is 5.69 Å². The first-order valence-electron chi connectivity index (χ1n) is 10.0. The molecule has 0 spiro atoms. The number of nitrogens with zero attached hydrogens (tertiary/aromatic N) is 3. The molecular weight excluding hydrogens is 340 g/mol. The Morgan fingerprint density at radius 1 is 1.22 bits per heavy atom. The number of carbonyl (C=O) groups is 1. The van der Waals surface area contributed by atoms with Gasteiger partial charge in [-0.05, 0) is 43.9 Å². The maximum absolute atomic E-state index is 13.2. The molecule has 0 bridgehead atoms. The van der Waals surface area contributed by atoms with Crippen molar-refractivity contribution in [2.24, 2.45) is 0 Å². The average molecular weight is 368 g/mol. The predicted molar refractivity (Wildman–Crippen MR) is 104 cm³/mol. The van der Waals surface area contributed by atoms with Crippen LogP contribution in [0.1, 0.15) is 47.8 Å². The van der Waals surface area contributed by atoms with Crippen LogP contribution >= 0.6 is 0 Å². The van der Waals surface area contributed by atoms with E-state index in [1.807, 2.05) is 40.0 Å². The Balaban J connectivity index is 1.49. The van der Waals surface area contributed by atoms with Crippen LogP contribution in [0.15, 0.2) is 42.6 Å². The lowest BCUT2D eigenvalue weighted by Gasteiger charge is -2.25. The van der Waals surface area contributed by atoms with Gasteiger partial charge in [0.15, 0.2) is 0 Å². The second-order valence-electron chi connectivity index (χ2n) is 7.49. The second-order valence-corrected chi connectivity index (χ2v) is 7.49. The van der Waals surface area contributed by atoms with Crippen molar-refractivity contribution in [2.45, 2.75) is 44.4 Å². The highest BCUT2D eigenvalue weighted by Crippen LogP contribution is 2.19. The summed E-state index contributed by atoms with van der Waals surface area (Å²) in [6.45, 7) is 3.97. The summed E-state index contributed by atoms with van der Waals surface area (Å²) in [4.78, 5) is 15.1. The van der Waals surface area contributed by atoms with Gasteiger partial charge < -0.3 is 15.0 Å². The van der Waals surface area contributed by atoms with Gasteiger partial charge in [-0.2, -0.15) is 5.10 Å². The molecule has 4 rings (SSSR count). The number of aromatic nitrogens is 2. The molecule has 0 saturated carbocycles. The topological polar surface area (TPSA) is 59.4 Å². The van der Waals surface area contributed by atoms with Crippen molar-refractivity contribution in [3.05, 3.63) is 53.9 Å². The SMILES string of the molecule is O=C(c1ccn(C2CCCNC2)n1)N(Cc1ccccc1)CC1CCCO1. The first-order valence-corrected chi connectivity index (χ1v) is 10.0. The lowest BCUT2D eigenvalue weighted by Crippen LogP contribution is -2.37. The van der Waals surface area contributed by atoms with Gasteiger partial charge in [-0.15, -0.1) is 0 Å². The van der Waals surface area contributed by atoms with E-state index in [2.05, 4.69) is 22.5 Å². The average Bonchev–Trinajstić information content (AvgIpc) is 3.41. The fraction of sp³-hybridized carbons (Fsp3) is 0.524. The number of hydrogen-bond donors (Lipinski definition) is 1. The molecule has 1 amide bonds. The van der Waals surface area contributed by atoms with Crippen molar-refractivity contribution in [1.82, 2.24) is 20.0 Å². The van der Waals surface area contributed by atoms with E-state index in [9.17, 15) is 4.79 Å². The lowest BCUT2D eigenvalue weighted by atomic mass is 10.1. The Kier molecular flexibility index (Phi) is 5.84. The van der Waals surface area contributed by atoms with Crippen LogP contribution in [0, 0.1) is 0 Å². The van der Waals surface area contributed by atoms with Crippen molar-refractivity contribution in [2.75, 3.05) is 26.2 Å².